The lowest BCUT2D eigenvalue weighted by Gasteiger charge is -2.47. The molecule has 0 aromatic heterocycles. The Kier molecular flexibility index (Phi) is 3.98. The van der Waals surface area contributed by atoms with Crippen LogP contribution in [0, 0.1) is 0 Å². The summed E-state index contributed by atoms with van der Waals surface area (Å²) in [7, 11) is 0. The van der Waals surface area contributed by atoms with Crippen LogP contribution in [0.1, 0.15) is 33.6 Å². The zero-order valence-electron chi connectivity index (χ0n) is 13.3. The van der Waals surface area contributed by atoms with Crippen molar-refractivity contribution in [1.82, 2.24) is 5.32 Å². The second-order valence-corrected chi connectivity index (χ2v) is 6.31. The van der Waals surface area contributed by atoms with E-state index in [1.807, 2.05) is 6.07 Å². The van der Waals surface area contributed by atoms with E-state index in [0.717, 1.165) is 37.4 Å². The molecule has 1 N–H and O–H groups in total. The summed E-state index contributed by atoms with van der Waals surface area (Å²) in [5.41, 5.74) is 1.42. The van der Waals surface area contributed by atoms with Crippen molar-refractivity contribution in [3.63, 3.8) is 0 Å². The van der Waals surface area contributed by atoms with Crippen molar-refractivity contribution in [3.8, 4) is 11.5 Å². The normalized spacial score (nSPS) is 28.5. The van der Waals surface area contributed by atoms with Crippen LogP contribution in [-0.4, -0.2) is 37.9 Å². The van der Waals surface area contributed by atoms with Crippen molar-refractivity contribution in [1.29, 1.82) is 0 Å². The van der Waals surface area contributed by atoms with Gasteiger partial charge in [-0.25, -0.2) is 0 Å². The average Bonchev–Trinajstić information content (AvgIpc) is 2.54. The van der Waals surface area contributed by atoms with E-state index in [0.29, 0.717) is 19.3 Å². The molecule has 0 saturated carbocycles. The van der Waals surface area contributed by atoms with Crippen LogP contribution in [0.5, 0.6) is 11.5 Å². The van der Waals surface area contributed by atoms with Gasteiger partial charge in [0.1, 0.15) is 13.2 Å². The second kappa shape index (κ2) is 5.76. The number of fused-ring (bicyclic) bond motifs is 1. The Morgan fingerprint density at radius 2 is 2.00 bits per heavy atom. The van der Waals surface area contributed by atoms with Gasteiger partial charge in [-0.15, -0.1) is 0 Å². The summed E-state index contributed by atoms with van der Waals surface area (Å²) in [6.07, 6.45) is 2.27. The SMILES string of the molecule is CCC1CNC(C)(CC)CN1c1ccc2c(c1)OCCO2. The van der Waals surface area contributed by atoms with E-state index in [9.17, 15) is 0 Å². The topological polar surface area (TPSA) is 33.7 Å². The maximum atomic E-state index is 5.73. The highest BCUT2D eigenvalue weighted by Gasteiger charge is 2.34. The molecule has 0 radical (unpaired) electrons. The number of piperazine rings is 1. The molecule has 3 rings (SSSR count). The minimum absolute atomic E-state index is 0.179. The Labute approximate surface area is 127 Å². The first-order valence-corrected chi connectivity index (χ1v) is 8.06. The van der Waals surface area contributed by atoms with Crippen LogP contribution < -0.4 is 19.7 Å². The molecule has 1 aromatic carbocycles. The summed E-state index contributed by atoms with van der Waals surface area (Å²) in [4.78, 5) is 2.53. The minimum Gasteiger partial charge on any atom is -0.486 e. The summed E-state index contributed by atoms with van der Waals surface area (Å²) in [6, 6.07) is 6.88. The van der Waals surface area contributed by atoms with Gasteiger partial charge in [0.25, 0.3) is 0 Å². The van der Waals surface area contributed by atoms with E-state index < -0.39 is 0 Å². The van der Waals surface area contributed by atoms with Crippen LogP contribution >= 0.6 is 0 Å². The standard InChI is InChI=1S/C17H26N2O2/c1-4-13-11-18-17(3,5-2)12-19(13)14-6-7-15-16(10-14)21-9-8-20-15/h6-7,10,13,18H,4-5,8-9,11-12H2,1-3H3. The third-order valence-electron chi connectivity index (χ3n) is 4.83. The maximum absolute atomic E-state index is 5.73. The summed E-state index contributed by atoms with van der Waals surface area (Å²) in [5.74, 6) is 1.75. The van der Waals surface area contributed by atoms with Gasteiger partial charge in [-0.3, -0.25) is 0 Å². The third kappa shape index (κ3) is 2.82. The van der Waals surface area contributed by atoms with Gasteiger partial charge in [-0.05, 0) is 31.9 Å². The number of rotatable bonds is 3. The van der Waals surface area contributed by atoms with Gasteiger partial charge in [0.05, 0.1) is 0 Å². The van der Waals surface area contributed by atoms with Crippen LogP contribution in [-0.2, 0) is 0 Å². The van der Waals surface area contributed by atoms with Crippen LogP contribution in [0.25, 0.3) is 0 Å². The molecule has 1 fully saturated rings. The highest BCUT2D eigenvalue weighted by molar-refractivity contribution is 5.58. The van der Waals surface area contributed by atoms with E-state index in [4.69, 9.17) is 9.47 Å². The highest BCUT2D eigenvalue weighted by Crippen LogP contribution is 2.36. The lowest BCUT2D eigenvalue weighted by Crippen LogP contribution is -2.62. The third-order valence-corrected chi connectivity index (χ3v) is 4.83. The summed E-state index contributed by atoms with van der Waals surface area (Å²) in [6.45, 7) is 10.2. The summed E-state index contributed by atoms with van der Waals surface area (Å²) >= 11 is 0. The predicted octanol–water partition coefficient (Wildman–Crippen LogP) is 2.81. The fourth-order valence-corrected chi connectivity index (χ4v) is 3.15. The Hall–Kier alpha value is -1.42. The minimum atomic E-state index is 0.179. The molecule has 2 aliphatic rings. The van der Waals surface area contributed by atoms with E-state index >= 15 is 0 Å². The first-order valence-electron chi connectivity index (χ1n) is 8.06. The van der Waals surface area contributed by atoms with Crippen molar-refractivity contribution in [2.24, 2.45) is 0 Å². The molecule has 1 aromatic rings. The average molecular weight is 290 g/mol. The Morgan fingerprint density at radius 1 is 1.24 bits per heavy atom. The van der Waals surface area contributed by atoms with Crippen molar-refractivity contribution in [3.05, 3.63) is 18.2 Å². The van der Waals surface area contributed by atoms with E-state index in [1.165, 1.54) is 5.69 Å². The molecule has 0 aliphatic carbocycles. The molecule has 116 valence electrons. The molecule has 2 aliphatic heterocycles. The maximum Gasteiger partial charge on any atom is 0.163 e. The van der Waals surface area contributed by atoms with Gasteiger partial charge >= 0.3 is 0 Å². The molecule has 1 saturated heterocycles. The van der Waals surface area contributed by atoms with Gasteiger partial charge in [-0.2, -0.15) is 0 Å². The van der Waals surface area contributed by atoms with Gasteiger partial charge in [0.2, 0.25) is 0 Å². The number of nitrogens with zero attached hydrogens (tertiary/aromatic N) is 1. The van der Waals surface area contributed by atoms with Gasteiger partial charge < -0.3 is 19.7 Å². The lowest BCUT2D eigenvalue weighted by molar-refractivity contribution is 0.171. The van der Waals surface area contributed by atoms with E-state index in [2.05, 4.69) is 43.1 Å². The molecule has 4 heteroatoms. The number of hydrogen-bond donors (Lipinski definition) is 1. The number of anilines is 1. The monoisotopic (exact) mass is 290 g/mol. The van der Waals surface area contributed by atoms with Crippen LogP contribution in [0.4, 0.5) is 5.69 Å². The Balaban J connectivity index is 1.88. The molecule has 0 bridgehead atoms. The lowest BCUT2D eigenvalue weighted by atomic mass is 9.92. The largest absolute Gasteiger partial charge is 0.486 e. The Morgan fingerprint density at radius 3 is 2.71 bits per heavy atom. The fraction of sp³-hybridized carbons (Fsp3) is 0.647. The van der Waals surface area contributed by atoms with Gasteiger partial charge in [0, 0.05) is 36.4 Å². The van der Waals surface area contributed by atoms with Crippen molar-refractivity contribution >= 4 is 5.69 Å². The van der Waals surface area contributed by atoms with Crippen molar-refractivity contribution in [2.45, 2.75) is 45.2 Å². The van der Waals surface area contributed by atoms with E-state index in [-0.39, 0.29) is 5.54 Å². The zero-order valence-corrected chi connectivity index (χ0v) is 13.3. The molecular weight excluding hydrogens is 264 g/mol. The predicted molar refractivity (Wildman–Crippen MR) is 85.6 cm³/mol. The fourth-order valence-electron chi connectivity index (χ4n) is 3.15. The Bertz CT molecular complexity index is 506. The first-order chi connectivity index (χ1) is 10.1. The highest BCUT2D eigenvalue weighted by atomic mass is 16.6. The summed E-state index contributed by atoms with van der Waals surface area (Å²) < 4.78 is 11.4. The molecule has 0 spiro atoms. The number of ether oxygens (including phenoxy) is 2. The zero-order chi connectivity index (χ0) is 14.9. The molecule has 0 amide bonds. The van der Waals surface area contributed by atoms with Crippen molar-refractivity contribution < 1.29 is 9.47 Å². The smallest absolute Gasteiger partial charge is 0.163 e. The van der Waals surface area contributed by atoms with Gasteiger partial charge in [-0.1, -0.05) is 13.8 Å². The second-order valence-electron chi connectivity index (χ2n) is 6.31. The number of benzene rings is 1. The van der Waals surface area contributed by atoms with E-state index in [1.54, 1.807) is 0 Å². The quantitative estimate of drug-likeness (QED) is 0.928. The van der Waals surface area contributed by atoms with Crippen LogP contribution in [0.2, 0.25) is 0 Å². The van der Waals surface area contributed by atoms with Crippen molar-refractivity contribution in [2.75, 3.05) is 31.2 Å². The first kappa shape index (κ1) is 14.5. The molecular formula is C17H26N2O2. The molecule has 2 unspecified atom stereocenters. The molecule has 2 heterocycles. The van der Waals surface area contributed by atoms with Crippen LogP contribution in [0.3, 0.4) is 0 Å². The number of nitrogens with one attached hydrogen (secondary N) is 1. The molecule has 4 nitrogen and oxygen atoms in total. The van der Waals surface area contributed by atoms with Gasteiger partial charge in [0.15, 0.2) is 11.5 Å². The molecule has 2 atom stereocenters. The summed E-state index contributed by atoms with van der Waals surface area (Å²) in [5, 5.41) is 3.71. The number of hydrogen-bond acceptors (Lipinski definition) is 4. The van der Waals surface area contributed by atoms with Crippen LogP contribution in [0.15, 0.2) is 18.2 Å². The molecule has 21 heavy (non-hydrogen) atoms.